The molecule has 2 N–H and O–H groups in total. The molecule has 98 valence electrons. The van der Waals surface area contributed by atoms with Crippen molar-refractivity contribution in [1.82, 2.24) is 5.32 Å². The minimum Gasteiger partial charge on any atom is -0.322 e. The second-order valence-electron chi connectivity index (χ2n) is 4.46. The second-order valence-corrected chi connectivity index (χ2v) is 7.27. The Kier molecular flexibility index (Phi) is 3.86. The van der Waals surface area contributed by atoms with E-state index in [1.165, 1.54) is 11.1 Å². The molecule has 3 rings (SSSR count). The van der Waals surface area contributed by atoms with Gasteiger partial charge in [-0.05, 0) is 58.8 Å². The summed E-state index contributed by atoms with van der Waals surface area (Å²) in [6.07, 6.45) is 0.965. The molecule has 1 aliphatic rings. The summed E-state index contributed by atoms with van der Waals surface area (Å²) in [5.74, 6) is -0.0221. The van der Waals surface area contributed by atoms with Gasteiger partial charge in [0.15, 0.2) is 0 Å². The summed E-state index contributed by atoms with van der Waals surface area (Å²) >= 11 is 3.82. The Morgan fingerprint density at radius 1 is 1.42 bits per heavy atom. The van der Waals surface area contributed by atoms with Crippen LogP contribution in [0.4, 0.5) is 5.69 Å². The van der Waals surface area contributed by atoms with Gasteiger partial charge in [0.05, 0.1) is 8.45 Å². The summed E-state index contributed by atoms with van der Waals surface area (Å²) in [6.45, 7) is 1.85. The number of hydrogen-bond acceptors (Lipinski definition) is 3. The predicted octanol–water partition coefficient (Wildman–Crippen LogP) is 3.25. The Bertz CT molecular complexity index is 624. The van der Waals surface area contributed by atoms with Crippen LogP contribution in [0.2, 0.25) is 0 Å². The van der Waals surface area contributed by atoms with Crippen molar-refractivity contribution < 1.29 is 4.79 Å². The van der Waals surface area contributed by atoms with Gasteiger partial charge in [0, 0.05) is 17.6 Å². The minimum atomic E-state index is -0.0221. The zero-order valence-corrected chi connectivity index (χ0v) is 13.2. The highest BCUT2D eigenvalue weighted by atomic mass is 127. The quantitative estimate of drug-likeness (QED) is 0.781. The number of thiophene rings is 1. The zero-order chi connectivity index (χ0) is 13.2. The topological polar surface area (TPSA) is 41.1 Å². The van der Waals surface area contributed by atoms with Crippen LogP contribution in [0.15, 0.2) is 29.6 Å². The fourth-order valence-electron chi connectivity index (χ4n) is 2.27. The van der Waals surface area contributed by atoms with E-state index in [1.807, 2.05) is 23.6 Å². The largest absolute Gasteiger partial charge is 0.322 e. The van der Waals surface area contributed by atoms with E-state index in [4.69, 9.17) is 0 Å². The van der Waals surface area contributed by atoms with Gasteiger partial charge in [-0.1, -0.05) is 12.1 Å². The molecule has 1 aromatic heterocycles. The van der Waals surface area contributed by atoms with Crippen LogP contribution in [0, 0.1) is 2.88 Å². The van der Waals surface area contributed by atoms with Crippen LogP contribution in [-0.4, -0.2) is 12.5 Å². The maximum atomic E-state index is 12.2. The molecule has 0 fully saturated rings. The number of benzene rings is 1. The Morgan fingerprint density at radius 2 is 2.32 bits per heavy atom. The molecule has 1 aliphatic heterocycles. The number of carbonyl (C=O) groups is 1. The van der Waals surface area contributed by atoms with Gasteiger partial charge in [0.2, 0.25) is 0 Å². The first kappa shape index (κ1) is 13.1. The van der Waals surface area contributed by atoms with Gasteiger partial charge in [-0.25, -0.2) is 0 Å². The predicted molar refractivity (Wildman–Crippen MR) is 86.8 cm³/mol. The molecular weight excluding hydrogens is 371 g/mol. The number of halogens is 1. The van der Waals surface area contributed by atoms with Crippen LogP contribution in [0.1, 0.15) is 21.5 Å². The van der Waals surface area contributed by atoms with Gasteiger partial charge < -0.3 is 10.6 Å². The molecule has 0 saturated heterocycles. The fraction of sp³-hybridized carbons (Fsp3) is 0.214. The lowest BCUT2D eigenvalue weighted by Crippen LogP contribution is -2.25. The third-order valence-corrected chi connectivity index (χ3v) is 5.01. The molecule has 0 radical (unpaired) electrons. The highest BCUT2D eigenvalue weighted by Gasteiger charge is 2.15. The molecular formula is C14H13IN2OS. The molecule has 2 heterocycles. The van der Waals surface area contributed by atoms with Crippen LogP contribution in [0.3, 0.4) is 0 Å². The van der Waals surface area contributed by atoms with E-state index in [9.17, 15) is 4.79 Å². The zero-order valence-electron chi connectivity index (χ0n) is 10.2. The number of rotatable bonds is 2. The van der Waals surface area contributed by atoms with E-state index < -0.39 is 0 Å². The monoisotopic (exact) mass is 384 g/mol. The van der Waals surface area contributed by atoms with Crippen molar-refractivity contribution in [1.29, 1.82) is 0 Å². The van der Waals surface area contributed by atoms with Gasteiger partial charge in [-0.3, -0.25) is 4.79 Å². The molecule has 3 nitrogen and oxygen atoms in total. The van der Waals surface area contributed by atoms with E-state index in [2.05, 4.69) is 39.3 Å². The number of hydrogen-bond donors (Lipinski definition) is 2. The smallest absolute Gasteiger partial charge is 0.256 e. The van der Waals surface area contributed by atoms with Crippen molar-refractivity contribution in [3.63, 3.8) is 0 Å². The lowest BCUT2D eigenvalue weighted by molar-refractivity contribution is 0.102. The summed E-state index contributed by atoms with van der Waals surface area (Å²) in [4.78, 5) is 12.2. The normalized spacial score (nSPS) is 13.9. The van der Waals surface area contributed by atoms with E-state index in [-0.39, 0.29) is 5.91 Å². The fourth-order valence-corrected chi connectivity index (χ4v) is 3.60. The van der Waals surface area contributed by atoms with Crippen molar-refractivity contribution in [2.75, 3.05) is 11.9 Å². The van der Waals surface area contributed by atoms with E-state index >= 15 is 0 Å². The van der Waals surface area contributed by atoms with Gasteiger partial charge in [-0.2, -0.15) is 0 Å². The minimum absolute atomic E-state index is 0.0221. The summed E-state index contributed by atoms with van der Waals surface area (Å²) in [5.41, 5.74) is 4.23. The van der Waals surface area contributed by atoms with Crippen LogP contribution < -0.4 is 10.6 Å². The van der Waals surface area contributed by atoms with E-state index in [1.54, 1.807) is 11.3 Å². The van der Waals surface area contributed by atoms with Gasteiger partial charge in [0.1, 0.15) is 0 Å². The van der Waals surface area contributed by atoms with E-state index in [0.29, 0.717) is 0 Å². The number of carbonyl (C=O) groups excluding carboxylic acids is 1. The third-order valence-electron chi connectivity index (χ3n) is 3.22. The molecule has 0 saturated carbocycles. The van der Waals surface area contributed by atoms with Crippen molar-refractivity contribution >= 4 is 45.5 Å². The molecule has 1 amide bonds. The van der Waals surface area contributed by atoms with Crippen LogP contribution >= 0.6 is 33.9 Å². The van der Waals surface area contributed by atoms with Crippen molar-refractivity contribution in [2.24, 2.45) is 0 Å². The maximum absolute atomic E-state index is 12.2. The summed E-state index contributed by atoms with van der Waals surface area (Å²) < 4.78 is 1.13. The third kappa shape index (κ3) is 2.82. The first-order valence-electron chi connectivity index (χ1n) is 6.11. The summed E-state index contributed by atoms with van der Waals surface area (Å²) in [6, 6.07) is 8.01. The molecule has 1 aromatic carbocycles. The second kappa shape index (κ2) is 5.60. The average Bonchev–Trinajstić information content (AvgIpc) is 2.86. The standard InChI is InChI=1S/C14H13IN2OS/c15-13-6-10(8-19-13)14(18)17-12-3-1-2-9-7-16-5-4-11(9)12/h1-3,6,8,16H,4-5,7H2,(H,17,18). The van der Waals surface area contributed by atoms with Crippen LogP contribution in [0.25, 0.3) is 0 Å². The molecule has 0 aliphatic carbocycles. The van der Waals surface area contributed by atoms with Crippen molar-refractivity contribution in [3.05, 3.63) is 49.2 Å². The number of anilines is 1. The Labute approximate surface area is 129 Å². The van der Waals surface area contributed by atoms with E-state index in [0.717, 1.165) is 33.6 Å². The Hall–Kier alpha value is -0.920. The van der Waals surface area contributed by atoms with Gasteiger partial charge in [0.25, 0.3) is 5.91 Å². The summed E-state index contributed by atoms with van der Waals surface area (Å²) in [7, 11) is 0. The van der Waals surface area contributed by atoms with Gasteiger partial charge in [-0.15, -0.1) is 11.3 Å². The first-order chi connectivity index (χ1) is 9.24. The maximum Gasteiger partial charge on any atom is 0.256 e. The highest BCUT2D eigenvalue weighted by molar-refractivity contribution is 14.1. The molecule has 0 spiro atoms. The lowest BCUT2D eigenvalue weighted by Gasteiger charge is -2.20. The molecule has 19 heavy (non-hydrogen) atoms. The van der Waals surface area contributed by atoms with Crippen molar-refractivity contribution in [2.45, 2.75) is 13.0 Å². The van der Waals surface area contributed by atoms with Gasteiger partial charge >= 0.3 is 0 Å². The summed E-state index contributed by atoms with van der Waals surface area (Å²) in [5, 5.41) is 8.28. The number of nitrogens with one attached hydrogen (secondary N) is 2. The Balaban J connectivity index is 1.85. The average molecular weight is 384 g/mol. The number of fused-ring (bicyclic) bond motifs is 1. The van der Waals surface area contributed by atoms with Crippen LogP contribution in [0.5, 0.6) is 0 Å². The molecule has 0 unspecified atom stereocenters. The lowest BCUT2D eigenvalue weighted by atomic mass is 9.99. The van der Waals surface area contributed by atoms with Crippen LogP contribution in [-0.2, 0) is 13.0 Å². The molecule has 2 aromatic rings. The first-order valence-corrected chi connectivity index (χ1v) is 8.07. The molecule has 0 atom stereocenters. The molecule has 0 bridgehead atoms. The number of amides is 1. The highest BCUT2D eigenvalue weighted by Crippen LogP contribution is 2.24. The van der Waals surface area contributed by atoms with Crippen molar-refractivity contribution in [3.8, 4) is 0 Å². The Morgan fingerprint density at radius 3 is 3.11 bits per heavy atom. The SMILES string of the molecule is O=C(Nc1cccc2c1CCNC2)c1csc(I)c1. The molecule has 5 heteroatoms.